The van der Waals surface area contributed by atoms with E-state index in [0.29, 0.717) is 18.6 Å². The molecule has 6 nitrogen and oxygen atoms in total. The molecule has 0 aromatic heterocycles. The highest BCUT2D eigenvalue weighted by Crippen LogP contribution is 2.40. The summed E-state index contributed by atoms with van der Waals surface area (Å²) in [5.74, 6) is -3.30. The number of oxime groups is 1. The number of hydrogen-bond donors (Lipinski definition) is 0. The molecule has 1 aliphatic rings. The minimum absolute atomic E-state index is 0.118. The molecule has 1 rings (SSSR count). The molecule has 0 aromatic carbocycles. The monoisotopic (exact) mass is 323 g/mol. The van der Waals surface area contributed by atoms with Crippen LogP contribution in [0, 0.1) is 17.3 Å². The van der Waals surface area contributed by atoms with Gasteiger partial charge in [0.15, 0.2) is 5.78 Å². The molecule has 1 saturated carbocycles. The highest BCUT2D eigenvalue weighted by molar-refractivity contribution is 6.26. The van der Waals surface area contributed by atoms with E-state index in [4.69, 9.17) is 9.57 Å². The maximum atomic E-state index is 12.8. The van der Waals surface area contributed by atoms with Crippen molar-refractivity contribution in [2.24, 2.45) is 22.4 Å². The summed E-state index contributed by atoms with van der Waals surface area (Å²) in [6, 6.07) is 0. The van der Waals surface area contributed by atoms with Gasteiger partial charge in [0, 0.05) is 6.42 Å². The van der Waals surface area contributed by atoms with Crippen LogP contribution in [-0.4, -0.2) is 37.0 Å². The largest absolute Gasteiger partial charge is 0.468 e. The van der Waals surface area contributed by atoms with E-state index in [2.05, 4.69) is 11.7 Å². The molecule has 0 saturated heterocycles. The number of esters is 1. The van der Waals surface area contributed by atoms with Gasteiger partial charge in [-0.2, -0.15) is 0 Å². The summed E-state index contributed by atoms with van der Waals surface area (Å²) in [5.41, 5.74) is -0.398. The van der Waals surface area contributed by atoms with Gasteiger partial charge in [0.05, 0.1) is 12.8 Å². The van der Waals surface area contributed by atoms with Gasteiger partial charge in [-0.1, -0.05) is 45.0 Å². The van der Waals surface area contributed by atoms with Crippen LogP contribution in [0.2, 0.25) is 0 Å². The van der Waals surface area contributed by atoms with E-state index in [1.54, 1.807) is 13.8 Å². The highest BCUT2D eigenvalue weighted by atomic mass is 16.6. The second kappa shape index (κ2) is 8.04. The zero-order valence-corrected chi connectivity index (χ0v) is 14.3. The van der Waals surface area contributed by atoms with Crippen molar-refractivity contribution in [1.29, 1.82) is 0 Å². The average molecular weight is 323 g/mol. The lowest BCUT2D eigenvalue weighted by molar-refractivity contribution is -0.159. The summed E-state index contributed by atoms with van der Waals surface area (Å²) in [5, 5.41) is 3.95. The fourth-order valence-electron chi connectivity index (χ4n) is 2.94. The molecule has 128 valence electrons. The lowest BCUT2D eigenvalue weighted by Gasteiger charge is -2.38. The zero-order chi connectivity index (χ0) is 17.6. The Kier molecular flexibility index (Phi) is 6.66. The van der Waals surface area contributed by atoms with Crippen molar-refractivity contribution in [3.05, 3.63) is 12.7 Å². The molecule has 0 heterocycles. The van der Waals surface area contributed by atoms with Gasteiger partial charge < -0.3 is 9.57 Å². The molecule has 0 radical (unpaired) electrons. The van der Waals surface area contributed by atoms with Crippen LogP contribution in [0.4, 0.5) is 0 Å². The fraction of sp³-hybridized carbons (Fsp3) is 0.647. The van der Waals surface area contributed by atoms with Gasteiger partial charge in [-0.25, -0.2) is 0 Å². The van der Waals surface area contributed by atoms with Crippen LogP contribution < -0.4 is 0 Å². The molecule has 0 aliphatic heterocycles. The summed E-state index contributed by atoms with van der Waals surface area (Å²) in [6.45, 7) is 9.09. The number of rotatable bonds is 7. The van der Waals surface area contributed by atoms with Crippen LogP contribution in [0.1, 0.15) is 40.0 Å². The number of Topliss-reactive ketones (excluding diaryl/α,β-unsaturated/α-hetero) is 2. The van der Waals surface area contributed by atoms with E-state index in [9.17, 15) is 14.4 Å². The normalized spacial score (nSPS) is 24.3. The summed E-state index contributed by atoms with van der Waals surface area (Å²) < 4.78 is 4.76. The van der Waals surface area contributed by atoms with E-state index >= 15 is 0 Å². The molecule has 23 heavy (non-hydrogen) atoms. The zero-order valence-electron chi connectivity index (χ0n) is 14.3. The summed E-state index contributed by atoms with van der Waals surface area (Å²) in [4.78, 5) is 42.4. The van der Waals surface area contributed by atoms with E-state index in [0.717, 1.165) is 0 Å². The number of methoxy groups -OCH3 is 1. The Morgan fingerprint density at radius 3 is 2.61 bits per heavy atom. The Labute approximate surface area is 136 Å². The third kappa shape index (κ3) is 4.27. The Balaban J connectivity index is 3.19. The SMILES string of the molecule is C=CCO/N=C(/CCC)[C@@H]1C(=O)CC(C)(C)[C@@H](C(=O)OC)C1=O. The fourth-order valence-corrected chi connectivity index (χ4v) is 2.94. The van der Waals surface area contributed by atoms with E-state index in [-0.39, 0.29) is 18.8 Å². The van der Waals surface area contributed by atoms with Gasteiger partial charge in [-0.15, -0.1) is 0 Å². The summed E-state index contributed by atoms with van der Waals surface area (Å²) in [6.07, 6.45) is 2.80. The third-order valence-corrected chi connectivity index (χ3v) is 3.95. The van der Waals surface area contributed by atoms with E-state index in [1.165, 1.54) is 13.2 Å². The summed E-state index contributed by atoms with van der Waals surface area (Å²) in [7, 11) is 1.24. The summed E-state index contributed by atoms with van der Waals surface area (Å²) >= 11 is 0. The standard InChI is InChI=1S/C17H25NO5/c1-6-8-11(18-23-9-7-2)13-12(19)10-17(3,4)14(15(13)20)16(21)22-5/h7,13-14H,2,6,8-10H2,1,3-5H3/b18-11-/t13-,14-/m1/s1. The van der Waals surface area contributed by atoms with E-state index < -0.39 is 29.0 Å². The number of ether oxygens (including phenoxy) is 1. The molecule has 0 N–H and O–H groups in total. The first-order chi connectivity index (χ1) is 10.8. The van der Waals surface area contributed by atoms with E-state index in [1.807, 2.05) is 6.92 Å². The lowest BCUT2D eigenvalue weighted by Crippen LogP contribution is -2.52. The Morgan fingerprint density at radius 1 is 1.43 bits per heavy atom. The van der Waals surface area contributed by atoms with Crippen molar-refractivity contribution in [2.45, 2.75) is 40.0 Å². The molecule has 0 spiro atoms. The molecule has 0 amide bonds. The topological polar surface area (TPSA) is 82.0 Å². The molecule has 6 heteroatoms. The third-order valence-electron chi connectivity index (χ3n) is 3.95. The van der Waals surface area contributed by atoms with Crippen molar-refractivity contribution in [1.82, 2.24) is 0 Å². The van der Waals surface area contributed by atoms with Crippen molar-refractivity contribution in [3.63, 3.8) is 0 Å². The minimum atomic E-state index is -1.03. The van der Waals surface area contributed by atoms with Crippen LogP contribution in [0.5, 0.6) is 0 Å². The number of ketones is 2. The molecular weight excluding hydrogens is 298 g/mol. The first kappa shape index (κ1) is 19.1. The Bertz CT molecular complexity index is 521. The maximum absolute atomic E-state index is 12.8. The lowest BCUT2D eigenvalue weighted by atomic mass is 9.63. The van der Waals surface area contributed by atoms with Crippen LogP contribution in [0.25, 0.3) is 0 Å². The maximum Gasteiger partial charge on any atom is 0.316 e. The average Bonchev–Trinajstić information content (AvgIpc) is 2.45. The van der Waals surface area contributed by atoms with Crippen LogP contribution in [0.3, 0.4) is 0 Å². The highest BCUT2D eigenvalue weighted by Gasteiger charge is 2.53. The number of hydrogen-bond acceptors (Lipinski definition) is 6. The second-order valence-electron chi connectivity index (χ2n) is 6.34. The molecule has 1 fully saturated rings. The number of carbonyl (C=O) groups is 3. The van der Waals surface area contributed by atoms with Gasteiger partial charge in [-0.3, -0.25) is 14.4 Å². The molecule has 2 atom stereocenters. The van der Waals surface area contributed by atoms with Crippen molar-refractivity contribution < 1.29 is 24.0 Å². The van der Waals surface area contributed by atoms with Crippen LogP contribution >= 0.6 is 0 Å². The van der Waals surface area contributed by atoms with Crippen LogP contribution in [-0.2, 0) is 24.0 Å². The number of carbonyl (C=O) groups excluding carboxylic acids is 3. The molecule has 1 aliphatic carbocycles. The predicted octanol–water partition coefficient (Wildman–Crippen LogP) is 2.32. The van der Waals surface area contributed by atoms with Gasteiger partial charge in [0.1, 0.15) is 24.2 Å². The Hall–Kier alpha value is -1.98. The smallest absolute Gasteiger partial charge is 0.316 e. The minimum Gasteiger partial charge on any atom is -0.468 e. The van der Waals surface area contributed by atoms with Crippen molar-refractivity contribution in [3.8, 4) is 0 Å². The van der Waals surface area contributed by atoms with Gasteiger partial charge in [0.2, 0.25) is 0 Å². The predicted molar refractivity (Wildman–Crippen MR) is 85.9 cm³/mol. The quantitative estimate of drug-likeness (QED) is 0.179. The molecule has 0 aromatic rings. The van der Waals surface area contributed by atoms with Gasteiger partial charge in [0.25, 0.3) is 0 Å². The first-order valence-electron chi connectivity index (χ1n) is 7.74. The van der Waals surface area contributed by atoms with Crippen molar-refractivity contribution >= 4 is 23.2 Å². The molecule has 0 bridgehead atoms. The van der Waals surface area contributed by atoms with Crippen LogP contribution in [0.15, 0.2) is 17.8 Å². The van der Waals surface area contributed by atoms with Gasteiger partial charge in [-0.05, 0) is 11.8 Å². The Morgan fingerprint density at radius 2 is 2.09 bits per heavy atom. The van der Waals surface area contributed by atoms with Crippen molar-refractivity contribution in [2.75, 3.05) is 13.7 Å². The second-order valence-corrected chi connectivity index (χ2v) is 6.34. The molecular formula is C17H25NO5. The first-order valence-corrected chi connectivity index (χ1v) is 7.74. The number of nitrogens with zero attached hydrogens (tertiary/aromatic N) is 1. The van der Waals surface area contributed by atoms with Gasteiger partial charge >= 0.3 is 5.97 Å². The molecule has 0 unspecified atom stereocenters.